The maximum Gasteiger partial charge on any atom is 0.302 e. The smallest absolute Gasteiger partial charge is 0.302 e. The third-order valence-electron chi connectivity index (χ3n) is 7.33. The SMILES string of the molecule is CC(=O)OCCOCCOCCOCCOCCOCCOCCCCCC(=O)Nc1cccc2c1C(=O)N(C1CCC(=O)NC1=O)C2=O. The van der Waals surface area contributed by atoms with Crippen LogP contribution in [0.2, 0.25) is 0 Å². The zero-order chi connectivity index (χ0) is 35.3. The molecule has 0 aromatic heterocycles. The van der Waals surface area contributed by atoms with Crippen molar-refractivity contribution in [3.63, 3.8) is 0 Å². The molecule has 0 spiro atoms. The quantitative estimate of drug-likeness (QED) is 0.0801. The number of carbonyl (C=O) groups is 6. The molecule has 1 saturated heterocycles. The standard InChI is InChI=1S/C33H47N3O13/c1-24(37)49-23-22-48-21-20-47-19-18-46-17-16-45-15-14-44-13-12-43-11-4-2-3-8-28(38)34-26-7-5-6-25-30(26)33(42)36(32(25)41)27-9-10-29(39)35-31(27)40/h5-7,27H,2-4,8-23H2,1H3,(H,34,38)(H,35,39,40). The minimum Gasteiger partial charge on any atom is -0.463 e. The van der Waals surface area contributed by atoms with Gasteiger partial charge in [0.2, 0.25) is 17.7 Å². The average molecular weight is 694 g/mol. The predicted molar refractivity (Wildman–Crippen MR) is 172 cm³/mol. The van der Waals surface area contributed by atoms with Crippen LogP contribution in [-0.4, -0.2) is 132 Å². The van der Waals surface area contributed by atoms with E-state index in [0.717, 1.165) is 17.7 Å². The second-order valence-corrected chi connectivity index (χ2v) is 11.0. The summed E-state index contributed by atoms with van der Waals surface area (Å²) in [4.78, 5) is 74.0. The maximum atomic E-state index is 13.2. The van der Waals surface area contributed by atoms with Crippen molar-refractivity contribution in [1.82, 2.24) is 10.2 Å². The van der Waals surface area contributed by atoms with Crippen molar-refractivity contribution in [3.8, 4) is 0 Å². The summed E-state index contributed by atoms with van der Waals surface area (Å²) in [6.07, 6.45) is 2.45. The molecule has 2 aliphatic rings. The first-order chi connectivity index (χ1) is 23.8. The van der Waals surface area contributed by atoms with E-state index in [9.17, 15) is 28.8 Å². The molecular weight excluding hydrogens is 646 g/mol. The van der Waals surface area contributed by atoms with E-state index in [1.807, 2.05) is 0 Å². The molecular formula is C33H47N3O13. The molecule has 1 fully saturated rings. The summed E-state index contributed by atoms with van der Waals surface area (Å²) in [6, 6.07) is 3.52. The number of nitrogens with one attached hydrogen (secondary N) is 2. The summed E-state index contributed by atoms with van der Waals surface area (Å²) in [5.41, 5.74) is 0.377. The van der Waals surface area contributed by atoms with Crippen molar-refractivity contribution < 1.29 is 61.9 Å². The third kappa shape index (κ3) is 14.3. The topological polar surface area (TPSA) is 194 Å². The first-order valence-corrected chi connectivity index (χ1v) is 16.5. The Morgan fingerprint density at radius 3 is 1.84 bits per heavy atom. The number of esters is 1. The molecule has 3 rings (SSSR count). The summed E-state index contributed by atoms with van der Waals surface area (Å²) < 4.78 is 37.3. The highest BCUT2D eigenvalue weighted by molar-refractivity contribution is 6.26. The highest BCUT2D eigenvalue weighted by Crippen LogP contribution is 2.32. The number of carbonyl (C=O) groups excluding carboxylic acids is 6. The molecule has 16 nitrogen and oxygen atoms in total. The fourth-order valence-corrected chi connectivity index (χ4v) is 4.94. The summed E-state index contributed by atoms with van der Waals surface area (Å²) >= 11 is 0. The molecule has 1 atom stereocenters. The Morgan fingerprint density at radius 2 is 1.29 bits per heavy atom. The molecule has 2 aliphatic heterocycles. The summed E-state index contributed by atoms with van der Waals surface area (Å²) in [5.74, 6) is -3.05. The van der Waals surface area contributed by atoms with Crippen LogP contribution in [0.1, 0.15) is 66.2 Å². The van der Waals surface area contributed by atoms with Gasteiger partial charge in [0.05, 0.1) is 89.5 Å². The van der Waals surface area contributed by atoms with Gasteiger partial charge in [-0.3, -0.25) is 39.0 Å². The fourth-order valence-electron chi connectivity index (χ4n) is 4.94. The molecule has 1 unspecified atom stereocenters. The number of hydrogen-bond acceptors (Lipinski definition) is 13. The molecule has 1 aromatic carbocycles. The Hall–Kier alpha value is -3.80. The van der Waals surface area contributed by atoms with Crippen molar-refractivity contribution in [3.05, 3.63) is 29.3 Å². The Bertz CT molecular complexity index is 1260. The third-order valence-corrected chi connectivity index (χ3v) is 7.33. The molecule has 49 heavy (non-hydrogen) atoms. The lowest BCUT2D eigenvalue weighted by molar-refractivity contribution is -0.142. The second-order valence-electron chi connectivity index (χ2n) is 11.0. The number of unbranched alkanes of at least 4 members (excludes halogenated alkanes) is 2. The first-order valence-electron chi connectivity index (χ1n) is 16.5. The number of piperidine rings is 1. The molecule has 2 N–H and O–H groups in total. The van der Waals surface area contributed by atoms with Gasteiger partial charge in [0.15, 0.2) is 0 Å². The van der Waals surface area contributed by atoms with Crippen molar-refractivity contribution in [1.29, 1.82) is 0 Å². The molecule has 0 saturated carbocycles. The summed E-state index contributed by atoms with van der Waals surface area (Å²) in [5, 5.41) is 4.89. The summed E-state index contributed by atoms with van der Waals surface area (Å²) in [7, 11) is 0. The van der Waals surface area contributed by atoms with E-state index in [2.05, 4.69) is 10.6 Å². The predicted octanol–water partition coefficient (Wildman–Crippen LogP) is 1.25. The zero-order valence-electron chi connectivity index (χ0n) is 28.0. The lowest BCUT2D eigenvalue weighted by atomic mass is 10.0. The molecule has 0 radical (unpaired) electrons. The maximum absolute atomic E-state index is 13.2. The van der Waals surface area contributed by atoms with E-state index < -0.39 is 29.7 Å². The highest BCUT2D eigenvalue weighted by atomic mass is 16.6. The molecule has 0 aliphatic carbocycles. The lowest BCUT2D eigenvalue weighted by Crippen LogP contribution is -2.54. The van der Waals surface area contributed by atoms with E-state index in [1.165, 1.54) is 13.0 Å². The molecule has 16 heteroatoms. The van der Waals surface area contributed by atoms with Gasteiger partial charge in [0, 0.05) is 26.4 Å². The number of hydrogen-bond donors (Lipinski definition) is 2. The van der Waals surface area contributed by atoms with Crippen molar-refractivity contribution in [2.75, 3.05) is 91.2 Å². The molecule has 0 bridgehead atoms. The Kier molecular flexibility index (Phi) is 18.4. The van der Waals surface area contributed by atoms with Gasteiger partial charge in [-0.2, -0.15) is 0 Å². The van der Waals surface area contributed by atoms with Crippen LogP contribution < -0.4 is 10.6 Å². The van der Waals surface area contributed by atoms with Gasteiger partial charge in [0.1, 0.15) is 12.6 Å². The van der Waals surface area contributed by atoms with Gasteiger partial charge in [-0.25, -0.2) is 0 Å². The number of anilines is 1. The van der Waals surface area contributed by atoms with Crippen molar-refractivity contribution in [2.45, 2.75) is 51.5 Å². The number of rotatable bonds is 26. The van der Waals surface area contributed by atoms with Crippen LogP contribution in [0.3, 0.4) is 0 Å². The van der Waals surface area contributed by atoms with Crippen molar-refractivity contribution >= 4 is 41.2 Å². The van der Waals surface area contributed by atoms with Crippen LogP contribution in [-0.2, 0) is 52.3 Å². The number of nitrogens with zero attached hydrogens (tertiary/aromatic N) is 1. The van der Waals surface area contributed by atoms with Gasteiger partial charge < -0.3 is 38.5 Å². The lowest BCUT2D eigenvalue weighted by Gasteiger charge is -2.27. The molecule has 5 amide bonds. The summed E-state index contributed by atoms with van der Waals surface area (Å²) in [6.45, 7) is 6.89. The Labute approximate surface area is 285 Å². The van der Waals surface area contributed by atoms with E-state index >= 15 is 0 Å². The van der Waals surface area contributed by atoms with Crippen LogP contribution in [0.5, 0.6) is 0 Å². The average Bonchev–Trinajstić information content (AvgIpc) is 3.32. The molecule has 2 heterocycles. The van der Waals surface area contributed by atoms with Gasteiger partial charge in [0.25, 0.3) is 11.8 Å². The number of fused-ring (bicyclic) bond motifs is 1. The normalized spacial score (nSPS) is 15.8. The van der Waals surface area contributed by atoms with E-state index in [1.54, 1.807) is 12.1 Å². The largest absolute Gasteiger partial charge is 0.463 e. The first kappa shape index (κ1) is 39.6. The van der Waals surface area contributed by atoms with Crippen LogP contribution in [0.15, 0.2) is 18.2 Å². The van der Waals surface area contributed by atoms with Crippen LogP contribution in [0.4, 0.5) is 5.69 Å². The molecule has 272 valence electrons. The van der Waals surface area contributed by atoms with E-state index in [-0.39, 0.29) is 54.6 Å². The molecule has 1 aromatic rings. The van der Waals surface area contributed by atoms with Gasteiger partial charge in [-0.05, 0) is 31.4 Å². The Morgan fingerprint density at radius 1 is 0.735 bits per heavy atom. The van der Waals surface area contributed by atoms with Crippen molar-refractivity contribution in [2.24, 2.45) is 0 Å². The number of amides is 5. The fraction of sp³-hybridized carbons (Fsp3) is 0.636. The van der Waals surface area contributed by atoms with Crippen LogP contribution in [0.25, 0.3) is 0 Å². The van der Waals surface area contributed by atoms with E-state index in [0.29, 0.717) is 85.7 Å². The monoisotopic (exact) mass is 693 g/mol. The van der Waals surface area contributed by atoms with Gasteiger partial charge in [-0.15, -0.1) is 0 Å². The zero-order valence-corrected chi connectivity index (χ0v) is 28.0. The minimum absolute atomic E-state index is 0.0280. The Balaban J connectivity index is 1.12. The number of ether oxygens (including phenoxy) is 7. The van der Waals surface area contributed by atoms with Crippen LogP contribution >= 0.6 is 0 Å². The minimum atomic E-state index is -1.07. The highest BCUT2D eigenvalue weighted by Gasteiger charge is 2.45. The van der Waals surface area contributed by atoms with Crippen LogP contribution in [0, 0.1) is 0 Å². The van der Waals surface area contributed by atoms with Gasteiger partial charge >= 0.3 is 5.97 Å². The second kappa shape index (κ2) is 22.8. The van der Waals surface area contributed by atoms with Gasteiger partial charge in [-0.1, -0.05) is 12.5 Å². The van der Waals surface area contributed by atoms with E-state index in [4.69, 9.17) is 33.2 Å². The number of benzene rings is 1. The number of imide groups is 2.